The molecule has 0 saturated carbocycles. The van der Waals surface area contributed by atoms with Crippen molar-refractivity contribution in [2.75, 3.05) is 5.73 Å². The van der Waals surface area contributed by atoms with Crippen LogP contribution in [0.3, 0.4) is 0 Å². The maximum absolute atomic E-state index is 12.3. The van der Waals surface area contributed by atoms with Gasteiger partial charge in [-0.3, -0.25) is 0 Å². The second-order valence-electron chi connectivity index (χ2n) is 5.85. The Morgan fingerprint density at radius 1 is 1.24 bits per heavy atom. The van der Waals surface area contributed by atoms with Gasteiger partial charge in [0.15, 0.2) is 0 Å². The lowest BCUT2D eigenvalue weighted by Crippen LogP contribution is -2.57. The maximum Gasteiger partial charge on any atom is 0.335 e. The number of nitrogens with one attached hydrogen (secondary N) is 1. The molecule has 1 aromatic carbocycles. The lowest BCUT2D eigenvalue weighted by atomic mass is 9.87. The van der Waals surface area contributed by atoms with Gasteiger partial charge in [0.05, 0.1) is 22.4 Å². The van der Waals surface area contributed by atoms with Crippen molar-refractivity contribution in [3.63, 3.8) is 0 Å². The van der Waals surface area contributed by atoms with Crippen LogP contribution in [-0.2, 0) is 10.0 Å². The average Bonchev–Trinajstić information content (AvgIpc) is 2.25. The summed E-state index contributed by atoms with van der Waals surface area (Å²) in [6.45, 7) is 6.03. The van der Waals surface area contributed by atoms with Gasteiger partial charge in [0.25, 0.3) is 0 Å². The molecule has 0 heterocycles. The van der Waals surface area contributed by atoms with Gasteiger partial charge in [-0.15, -0.1) is 0 Å². The number of carboxylic acids is 1. The fourth-order valence-corrected chi connectivity index (χ4v) is 3.09. The van der Waals surface area contributed by atoms with Gasteiger partial charge in [-0.1, -0.05) is 0 Å². The Labute approximate surface area is 123 Å². The number of hydrogen-bond donors (Lipinski definition) is 4. The fourth-order valence-electron chi connectivity index (χ4n) is 1.44. The first-order valence-electron chi connectivity index (χ1n) is 6.17. The Morgan fingerprint density at radius 3 is 2.14 bits per heavy atom. The number of hydrogen-bond acceptors (Lipinski definition) is 5. The van der Waals surface area contributed by atoms with E-state index in [-0.39, 0.29) is 16.1 Å². The molecule has 8 heteroatoms. The minimum Gasteiger partial charge on any atom is -0.478 e. The molecular weight excluding hydrogens is 296 g/mol. The monoisotopic (exact) mass is 316 g/mol. The van der Waals surface area contributed by atoms with E-state index >= 15 is 0 Å². The van der Waals surface area contributed by atoms with E-state index in [1.165, 1.54) is 27.7 Å². The minimum atomic E-state index is -4.00. The van der Waals surface area contributed by atoms with Gasteiger partial charge in [-0.2, -0.15) is 0 Å². The van der Waals surface area contributed by atoms with E-state index in [4.69, 9.17) is 10.8 Å². The minimum absolute atomic E-state index is 0.104. The number of rotatable bonds is 5. The molecule has 0 aliphatic carbocycles. The third-order valence-corrected chi connectivity index (χ3v) is 5.20. The summed E-state index contributed by atoms with van der Waals surface area (Å²) in [6.07, 6.45) is 0. The van der Waals surface area contributed by atoms with Crippen molar-refractivity contribution in [1.29, 1.82) is 0 Å². The topological polar surface area (TPSA) is 130 Å². The van der Waals surface area contributed by atoms with E-state index < -0.39 is 27.1 Å². The summed E-state index contributed by atoms with van der Waals surface area (Å²) in [5.41, 5.74) is 2.89. The molecule has 0 saturated heterocycles. The average molecular weight is 316 g/mol. The standard InChI is InChI=1S/C13H20N2O5S/c1-12(2,13(3,4)18)15-21(19,20)10-6-5-8(11(16)17)7-9(10)14/h5-7,15,18H,14H2,1-4H3,(H,16,17). The van der Waals surface area contributed by atoms with Crippen molar-refractivity contribution < 1.29 is 23.4 Å². The Morgan fingerprint density at radius 2 is 1.76 bits per heavy atom. The molecule has 0 aliphatic heterocycles. The van der Waals surface area contributed by atoms with Gasteiger partial charge in [-0.05, 0) is 45.9 Å². The molecule has 0 unspecified atom stereocenters. The molecule has 0 atom stereocenters. The number of nitrogens with two attached hydrogens (primary N) is 1. The largest absolute Gasteiger partial charge is 0.478 e. The molecule has 0 aliphatic rings. The zero-order chi connectivity index (χ0) is 16.6. The third kappa shape index (κ3) is 3.72. The number of carboxylic acid groups (broad SMARTS) is 1. The number of nitrogen functional groups attached to an aromatic ring is 1. The molecule has 0 radical (unpaired) electrons. The highest BCUT2D eigenvalue weighted by atomic mass is 32.2. The van der Waals surface area contributed by atoms with Crippen LogP contribution in [0.5, 0.6) is 0 Å². The van der Waals surface area contributed by atoms with E-state index in [0.29, 0.717) is 0 Å². The molecule has 0 amide bonds. The fraction of sp³-hybridized carbons (Fsp3) is 0.462. The first-order chi connectivity index (χ1) is 9.28. The molecule has 7 nitrogen and oxygen atoms in total. The predicted octanol–water partition coefficient (Wildman–Crippen LogP) is 0.795. The molecule has 5 N–H and O–H groups in total. The number of anilines is 1. The molecule has 1 aromatic rings. The summed E-state index contributed by atoms with van der Waals surface area (Å²) in [7, 11) is -4.00. The maximum atomic E-state index is 12.3. The summed E-state index contributed by atoms with van der Waals surface area (Å²) in [5, 5.41) is 18.8. The summed E-state index contributed by atoms with van der Waals surface area (Å²) in [5.74, 6) is -1.20. The Kier molecular flexibility index (Phi) is 4.38. The van der Waals surface area contributed by atoms with Crippen molar-refractivity contribution in [3.8, 4) is 0 Å². The molecule has 1 rings (SSSR count). The summed E-state index contributed by atoms with van der Waals surface area (Å²) >= 11 is 0. The van der Waals surface area contributed by atoms with Crippen molar-refractivity contribution in [1.82, 2.24) is 4.72 Å². The van der Waals surface area contributed by atoms with Crippen LogP contribution in [0.25, 0.3) is 0 Å². The van der Waals surface area contributed by atoms with Gasteiger partial charge >= 0.3 is 5.97 Å². The zero-order valence-corrected chi connectivity index (χ0v) is 13.2. The molecule has 0 aromatic heterocycles. The highest BCUT2D eigenvalue weighted by Crippen LogP contribution is 2.26. The van der Waals surface area contributed by atoms with Crippen molar-refractivity contribution >= 4 is 21.7 Å². The zero-order valence-electron chi connectivity index (χ0n) is 12.3. The second kappa shape index (κ2) is 5.28. The van der Waals surface area contributed by atoms with Crippen LogP contribution in [0.1, 0.15) is 38.1 Å². The molecule has 118 valence electrons. The number of aliphatic hydroxyl groups is 1. The van der Waals surface area contributed by atoms with Crippen molar-refractivity contribution in [3.05, 3.63) is 23.8 Å². The summed E-state index contributed by atoms with van der Waals surface area (Å²) in [4.78, 5) is 10.6. The van der Waals surface area contributed by atoms with Gasteiger partial charge in [0.2, 0.25) is 10.0 Å². The number of sulfonamides is 1. The first-order valence-corrected chi connectivity index (χ1v) is 7.65. The Hall–Kier alpha value is -1.64. The van der Waals surface area contributed by atoms with Crippen molar-refractivity contribution in [2.24, 2.45) is 0 Å². The number of aromatic carboxylic acids is 1. The normalized spacial score (nSPS) is 13.2. The van der Waals surface area contributed by atoms with Gasteiger partial charge in [0.1, 0.15) is 4.90 Å². The van der Waals surface area contributed by atoms with Crippen LogP contribution in [0.2, 0.25) is 0 Å². The van der Waals surface area contributed by atoms with Gasteiger partial charge in [-0.25, -0.2) is 17.9 Å². The SMILES string of the molecule is CC(C)(O)C(C)(C)NS(=O)(=O)c1ccc(C(=O)O)cc1N. The lowest BCUT2D eigenvalue weighted by Gasteiger charge is -2.37. The lowest BCUT2D eigenvalue weighted by molar-refractivity contribution is 0.00639. The van der Waals surface area contributed by atoms with E-state index in [1.54, 1.807) is 0 Å². The summed E-state index contributed by atoms with van der Waals surface area (Å²) in [6, 6.07) is 3.36. The van der Waals surface area contributed by atoms with Crippen LogP contribution in [0.15, 0.2) is 23.1 Å². The predicted molar refractivity (Wildman–Crippen MR) is 78.5 cm³/mol. The third-order valence-electron chi connectivity index (χ3n) is 3.47. The highest BCUT2D eigenvalue weighted by Gasteiger charge is 2.39. The van der Waals surface area contributed by atoms with E-state index in [0.717, 1.165) is 18.2 Å². The Bertz CT molecular complexity index is 660. The number of carbonyl (C=O) groups is 1. The van der Waals surface area contributed by atoms with Crippen LogP contribution in [-0.4, -0.2) is 35.7 Å². The molecular formula is C13H20N2O5S. The highest BCUT2D eigenvalue weighted by molar-refractivity contribution is 7.89. The molecule has 21 heavy (non-hydrogen) atoms. The van der Waals surface area contributed by atoms with Crippen LogP contribution >= 0.6 is 0 Å². The van der Waals surface area contributed by atoms with Gasteiger partial charge < -0.3 is 15.9 Å². The van der Waals surface area contributed by atoms with Gasteiger partial charge in [0, 0.05) is 0 Å². The summed E-state index contributed by atoms with van der Waals surface area (Å²) < 4.78 is 27.1. The molecule has 0 spiro atoms. The van der Waals surface area contributed by atoms with E-state index in [1.807, 2.05) is 0 Å². The van der Waals surface area contributed by atoms with Crippen molar-refractivity contribution in [2.45, 2.75) is 43.7 Å². The van der Waals surface area contributed by atoms with E-state index in [2.05, 4.69) is 4.72 Å². The number of benzene rings is 1. The smallest absolute Gasteiger partial charge is 0.335 e. The van der Waals surface area contributed by atoms with Crippen LogP contribution in [0, 0.1) is 0 Å². The van der Waals surface area contributed by atoms with Crippen LogP contribution < -0.4 is 10.5 Å². The van der Waals surface area contributed by atoms with E-state index in [9.17, 15) is 18.3 Å². The molecule has 0 bridgehead atoms. The second-order valence-corrected chi connectivity index (χ2v) is 7.50. The Balaban J connectivity index is 3.24. The first kappa shape index (κ1) is 17.4. The quantitative estimate of drug-likeness (QED) is 0.594. The van der Waals surface area contributed by atoms with Crippen LogP contribution in [0.4, 0.5) is 5.69 Å². The molecule has 0 fully saturated rings.